The molecule has 1 fully saturated rings. The molecule has 2 aliphatic heterocycles. The van der Waals surface area contributed by atoms with Gasteiger partial charge in [-0.25, -0.2) is 4.79 Å². The maximum atomic E-state index is 14.0. The van der Waals surface area contributed by atoms with Crippen LogP contribution in [-0.4, -0.2) is 50.0 Å². The number of nitrogens with two attached hydrogens (primary N) is 1. The Labute approximate surface area is 254 Å². The molecular weight excluding hydrogens is 591 g/mol. The van der Waals surface area contributed by atoms with Gasteiger partial charge < -0.3 is 15.8 Å². The van der Waals surface area contributed by atoms with Gasteiger partial charge in [-0.2, -0.15) is 0 Å². The first-order chi connectivity index (χ1) is 20.5. The van der Waals surface area contributed by atoms with Crippen molar-refractivity contribution in [3.8, 4) is 0 Å². The van der Waals surface area contributed by atoms with Crippen molar-refractivity contribution in [3.63, 3.8) is 0 Å². The molecule has 6 rings (SSSR count). The maximum Gasteiger partial charge on any atom is 0.356 e. The first kappa shape index (κ1) is 28.0. The molecule has 2 atom stereocenters. The third-order valence-corrected chi connectivity index (χ3v) is 10.1. The van der Waals surface area contributed by atoms with Gasteiger partial charge in [-0.3, -0.25) is 14.5 Å². The number of anilines is 1. The van der Waals surface area contributed by atoms with Crippen LogP contribution in [0.1, 0.15) is 22.8 Å². The zero-order chi connectivity index (χ0) is 29.1. The lowest BCUT2D eigenvalue weighted by Gasteiger charge is -2.49. The van der Waals surface area contributed by atoms with Crippen LogP contribution in [0.25, 0.3) is 0 Å². The van der Waals surface area contributed by atoms with Gasteiger partial charge in [0.2, 0.25) is 11.0 Å². The van der Waals surface area contributed by atoms with Gasteiger partial charge in [0.05, 0.1) is 6.42 Å². The van der Waals surface area contributed by atoms with E-state index in [2.05, 4.69) is 15.5 Å². The first-order valence-corrected chi connectivity index (χ1v) is 15.7. The number of carbonyl (C=O) groups excluding carboxylic acids is 3. The average Bonchev–Trinajstić information content (AvgIpc) is 3.43. The third-order valence-electron chi connectivity index (χ3n) is 6.71. The van der Waals surface area contributed by atoms with Gasteiger partial charge in [0.15, 0.2) is 10.4 Å². The van der Waals surface area contributed by atoms with E-state index >= 15 is 0 Å². The summed E-state index contributed by atoms with van der Waals surface area (Å²) in [5.74, 6) is -0.854. The number of esters is 1. The Kier molecular flexibility index (Phi) is 8.27. The predicted octanol–water partition coefficient (Wildman–Crippen LogP) is 4.40. The molecule has 3 heterocycles. The van der Waals surface area contributed by atoms with Crippen LogP contribution in [0.2, 0.25) is 0 Å². The number of fused-ring (bicyclic) bond motifs is 1. The molecule has 212 valence electrons. The molecule has 0 aliphatic carbocycles. The number of amides is 2. The highest BCUT2D eigenvalue weighted by Gasteiger charge is 2.55. The number of ether oxygens (including phenoxy) is 1. The summed E-state index contributed by atoms with van der Waals surface area (Å²) in [6.07, 6.45) is -0.538. The number of nitrogen functional groups attached to an aromatic ring is 1. The molecule has 0 saturated carbocycles. The summed E-state index contributed by atoms with van der Waals surface area (Å²) in [7, 11) is 0. The predicted molar refractivity (Wildman–Crippen MR) is 163 cm³/mol. The van der Waals surface area contributed by atoms with E-state index in [4.69, 9.17) is 10.5 Å². The SMILES string of the molecule is Nc1nnc(SC2=C(C(=O)OC(c3ccccc3)c3ccccc3)N3C(=O)[C@@H](NC(=O)Cc4ccccc4)[C@@H]3SC2)s1. The van der Waals surface area contributed by atoms with Crippen molar-refractivity contribution in [2.24, 2.45) is 0 Å². The number of nitrogens with zero attached hydrogens (tertiary/aromatic N) is 3. The maximum absolute atomic E-state index is 14.0. The van der Waals surface area contributed by atoms with Crippen LogP contribution in [0.4, 0.5) is 5.13 Å². The molecule has 9 nitrogen and oxygen atoms in total. The van der Waals surface area contributed by atoms with Crippen molar-refractivity contribution in [1.82, 2.24) is 20.4 Å². The summed E-state index contributed by atoms with van der Waals surface area (Å²) in [5, 5.41) is 10.7. The standard InChI is InChI=1S/C30H25N5O4S3/c31-29-33-34-30(42-29)41-21-17-40-27-23(32-22(36)16-18-10-4-1-5-11-18)26(37)35(27)24(21)28(38)39-25(19-12-6-2-7-13-19)20-14-8-3-9-15-20/h1-15,23,25,27H,16-17H2,(H2,31,33)(H,32,36)/t23-,27+/m1/s1. The van der Waals surface area contributed by atoms with Crippen molar-refractivity contribution < 1.29 is 19.1 Å². The number of nitrogens with one attached hydrogen (secondary N) is 1. The van der Waals surface area contributed by atoms with Gasteiger partial charge in [0.1, 0.15) is 17.1 Å². The van der Waals surface area contributed by atoms with E-state index in [9.17, 15) is 14.4 Å². The molecular formula is C30H25N5O4S3. The molecule has 0 spiro atoms. The second-order valence-corrected chi connectivity index (χ2v) is 13.0. The summed E-state index contributed by atoms with van der Waals surface area (Å²) < 4.78 is 6.72. The fourth-order valence-corrected chi connectivity index (χ4v) is 8.05. The fraction of sp³-hybridized carbons (Fsp3) is 0.167. The van der Waals surface area contributed by atoms with E-state index in [0.717, 1.165) is 16.7 Å². The Morgan fingerprint density at radius 3 is 2.19 bits per heavy atom. The minimum atomic E-state index is -0.753. The topological polar surface area (TPSA) is 128 Å². The van der Waals surface area contributed by atoms with E-state index in [-0.39, 0.29) is 23.9 Å². The summed E-state index contributed by atoms with van der Waals surface area (Å²) in [4.78, 5) is 42.4. The molecule has 12 heteroatoms. The van der Waals surface area contributed by atoms with Crippen molar-refractivity contribution in [3.05, 3.63) is 118 Å². The van der Waals surface area contributed by atoms with Crippen molar-refractivity contribution in [2.45, 2.75) is 28.3 Å². The quantitative estimate of drug-likeness (QED) is 0.208. The summed E-state index contributed by atoms with van der Waals surface area (Å²) >= 11 is 3.91. The minimum Gasteiger partial charge on any atom is -0.448 e. The minimum absolute atomic E-state index is 0.146. The molecule has 42 heavy (non-hydrogen) atoms. The number of thioether (sulfide) groups is 2. The zero-order valence-electron chi connectivity index (χ0n) is 22.1. The number of carbonyl (C=O) groups is 3. The number of hydrogen-bond donors (Lipinski definition) is 2. The van der Waals surface area contributed by atoms with Crippen molar-refractivity contribution >= 4 is 57.8 Å². The van der Waals surface area contributed by atoms with Gasteiger partial charge in [0, 0.05) is 10.7 Å². The third kappa shape index (κ3) is 5.91. The Bertz CT molecular complexity index is 1590. The molecule has 2 amide bonds. The van der Waals surface area contributed by atoms with Crippen LogP contribution in [0.5, 0.6) is 0 Å². The first-order valence-electron chi connectivity index (χ1n) is 13.1. The number of aromatic nitrogens is 2. The van der Waals surface area contributed by atoms with Crippen molar-refractivity contribution in [2.75, 3.05) is 11.5 Å². The van der Waals surface area contributed by atoms with E-state index in [1.54, 1.807) is 0 Å². The van der Waals surface area contributed by atoms with Gasteiger partial charge >= 0.3 is 5.97 Å². The molecule has 1 aromatic heterocycles. The largest absolute Gasteiger partial charge is 0.448 e. The lowest BCUT2D eigenvalue weighted by Crippen LogP contribution is -2.70. The number of benzene rings is 3. The second-order valence-electron chi connectivity index (χ2n) is 9.50. The Morgan fingerprint density at radius 1 is 0.976 bits per heavy atom. The molecule has 0 bridgehead atoms. The fourth-order valence-electron chi connectivity index (χ4n) is 4.78. The molecule has 2 aliphatic rings. The summed E-state index contributed by atoms with van der Waals surface area (Å²) in [6, 6.07) is 27.5. The van der Waals surface area contributed by atoms with E-state index in [1.807, 2.05) is 91.0 Å². The Morgan fingerprint density at radius 2 is 1.60 bits per heavy atom. The molecule has 4 aromatic rings. The Balaban J connectivity index is 1.28. The van der Waals surface area contributed by atoms with Crippen LogP contribution in [-0.2, 0) is 25.5 Å². The van der Waals surface area contributed by atoms with Crippen LogP contribution < -0.4 is 11.1 Å². The van der Waals surface area contributed by atoms with E-state index < -0.39 is 23.5 Å². The highest BCUT2D eigenvalue weighted by molar-refractivity contribution is 8.07. The van der Waals surface area contributed by atoms with E-state index in [0.29, 0.717) is 20.1 Å². The van der Waals surface area contributed by atoms with E-state index in [1.165, 1.54) is 39.8 Å². The molecule has 3 aromatic carbocycles. The van der Waals surface area contributed by atoms with Crippen LogP contribution in [0.3, 0.4) is 0 Å². The van der Waals surface area contributed by atoms with Gasteiger partial charge in [-0.05, 0) is 16.7 Å². The highest BCUT2D eigenvalue weighted by atomic mass is 32.2. The monoisotopic (exact) mass is 615 g/mol. The van der Waals surface area contributed by atoms with Crippen molar-refractivity contribution in [1.29, 1.82) is 0 Å². The normalized spacial score (nSPS) is 17.9. The van der Waals surface area contributed by atoms with Crippen LogP contribution in [0, 0.1) is 0 Å². The smallest absolute Gasteiger partial charge is 0.356 e. The van der Waals surface area contributed by atoms with Crippen LogP contribution >= 0.6 is 34.9 Å². The summed E-state index contributed by atoms with van der Waals surface area (Å²) in [5.41, 5.74) is 8.38. The molecule has 0 radical (unpaired) electrons. The number of hydrogen-bond acceptors (Lipinski definition) is 10. The van der Waals surface area contributed by atoms with Gasteiger partial charge in [-0.1, -0.05) is 114 Å². The van der Waals surface area contributed by atoms with Gasteiger partial charge in [-0.15, -0.1) is 22.0 Å². The van der Waals surface area contributed by atoms with Crippen LogP contribution in [0.15, 0.2) is 106 Å². The zero-order valence-corrected chi connectivity index (χ0v) is 24.5. The molecule has 1 saturated heterocycles. The lowest BCUT2D eigenvalue weighted by molar-refractivity contribution is -0.154. The number of rotatable bonds is 9. The van der Waals surface area contributed by atoms with Gasteiger partial charge in [0.25, 0.3) is 5.91 Å². The summed E-state index contributed by atoms with van der Waals surface area (Å²) in [6.45, 7) is 0. The number of β-lactam (4-membered cyclic amide) rings is 1. The molecule has 3 N–H and O–H groups in total. The Hall–Kier alpha value is -4.13. The average molecular weight is 616 g/mol. The highest BCUT2D eigenvalue weighted by Crippen LogP contribution is 2.46. The second kappa shape index (κ2) is 12.4. The molecule has 0 unspecified atom stereocenters. The lowest BCUT2D eigenvalue weighted by atomic mass is 10.0.